The van der Waals surface area contributed by atoms with Gasteiger partial charge in [0.15, 0.2) is 0 Å². The highest BCUT2D eigenvalue weighted by Gasteiger charge is 2.67. The minimum atomic E-state index is -1.36. The third-order valence-corrected chi connectivity index (χ3v) is 7.88. The number of hydrogen-bond donors (Lipinski definition) is 3. The summed E-state index contributed by atoms with van der Waals surface area (Å²) in [6.07, 6.45) is -1.14. The number of hydrogen-bond acceptors (Lipinski definition) is 3. The maximum Gasteiger partial charge on any atom is 0.411 e. The Bertz CT molecular complexity index is 1440. The first-order chi connectivity index (χ1) is 17.8. The van der Waals surface area contributed by atoms with Gasteiger partial charge in [0.25, 0.3) is 5.91 Å². The molecule has 1 fully saturated rings. The molecule has 0 bridgehead atoms. The standard InChI is InChI=1S/C26H20Cl5N3O4/c1-12-3-4-17(11-20(12)34(2)25(37)38)32-23(35)18-10-16(5-6-19(18)29)33-24(36)22-21(26(22,30)31)13-7-14(27)9-15(28)8-13/h3-11,21-22H,1-2H3,(H,32,35)(H,33,36)(H,37,38). The molecule has 198 valence electrons. The number of alkyl halides is 2. The van der Waals surface area contributed by atoms with Crippen molar-refractivity contribution in [1.82, 2.24) is 0 Å². The van der Waals surface area contributed by atoms with E-state index in [1.165, 1.54) is 25.2 Å². The largest absolute Gasteiger partial charge is 0.465 e. The van der Waals surface area contributed by atoms with Crippen LogP contribution >= 0.6 is 58.0 Å². The van der Waals surface area contributed by atoms with Crippen LogP contribution in [-0.4, -0.2) is 34.4 Å². The number of halogens is 5. The molecule has 1 saturated carbocycles. The summed E-state index contributed by atoms with van der Waals surface area (Å²) in [5.41, 5.74) is 2.52. The third kappa shape index (κ3) is 5.82. The highest BCUT2D eigenvalue weighted by Crippen LogP contribution is 2.65. The molecule has 0 saturated heterocycles. The zero-order valence-corrected chi connectivity index (χ0v) is 23.6. The lowest BCUT2D eigenvalue weighted by molar-refractivity contribution is -0.117. The fourth-order valence-electron chi connectivity index (χ4n) is 4.17. The summed E-state index contributed by atoms with van der Waals surface area (Å²) in [7, 11) is 1.40. The predicted molar refractivity (Wildman–Crippen MR) is 153 cm³/mol. The summed E-state index contributed by atoms with van der Waals surface area (Å²) in [5, 5.41) is 15.7. The van der Waals surface area contributed by atoms with Gasteiger partial charge in [0.2, 0.25) is 5.91 Å². The monoisotopic (exact) mass is 613 g/mol. The number of nitrogens with one attached hydrogen (secondary N) is 2. The van der Waals surface area contributed by atoms with Crippen LogP contribution < -0.4 is 15.5 Å². The smallest absolute Gasteiger partial charge is 0.411 e. The Morgan fingerprint density at radius 2 is 1.50 bits per heavy atom. The van der Waals surface area contributed by atoms with Gasteiger partial charge in [0, 0.05) is 34.4 Å². The zero-order valence-electron chi connectivity index (χ0n) is 19.9. The van der Waals surface area contributed by atoms with Crippen LogP contribution in [0.15, 0.2) is 54.6 Å². The van der Waals surface area contributed by atoms with Gasteiger partial charge in [0.1, 0.15) is 4.33 Å². The van der Waals surface area contributed by atoms with Gasteiger partial charge in [-0.25, -0.2) is 4.79 Å². The molecule has 3 amide bonds. The number of nitrogens with zero attached hydrogens (tertiary/aromatic N) is 1. The highest BCUT2D eigenvalue weighted by atomic mass is 35.5. The molecule has 3 aromatic rings. The Morgan fingerprint density at radius 1 is 0.895 bits per heavy atom. The van der Waals surface area contributed by atoms with E-state index in [1.54, 1.807) is 43.3 Å². The van der Waals surface area contributed by atoms with E-state index < -0.39 is 34.1 Å². The van der Waals surface area contributed by atoms with E-state index in [4.69, 9.17) is 58.0 Å². The zero-order chi connectivity index (χ0) is 27.9. The fraction of sp³-hybridized carbons (Fsp3) is 0.192. The number of amides is 3. The molecule has 2 unspecified atom stereocenters. The summed E-state index contributed by atoms with van der Waals surface area (Å²) in [6.45, 7) is 1.76. The molecule has 0 spiro atoms. The number of carbonyl (C=O) groups excluding carboxylic acids is 2. The first-order valence-corrected chi connectivity index (χ1v) is 13.0. The van der Waals surface area contributed by atoms with Crippen LogP contribution in [0.4, 0.5) is 21.9 Å². The number of carboxylic acid groups (broad SMARTS) is 1. The van der Waals surface area contributed by atoms with Gasteiger partial charge >= 0.3 is 6.09 Å². The summed E-state index contributed by atoms with van der Waals surface area (Å²) in [5.74, 6) is -2.33. The number of rotatable bonds is 6. The summed E-state index contributed by atoms with van der Waals surface area (Å²) in [4.78, 5) is 38.5. The van der Waals surface area contributed by atoms with Crippen LogP contribution in [0.2, 0.25) is 15.1 Å². The SMILES string of the molecule is Cc1ccc(NC(=O)c2cc(NC(=O)C3C(c4cc(Cl)cc(Cl)c4)C3(Cl)Cl)ccc2Cl)cc1N(C)C(=O)O. The quantitative estimate of drug-likeness (QED) is 0.246. The number of anilines is 3. The first-order valence-electron chi connectivity index (χ1n) is 11.1. The van der Waals surface area contributed by atoms with E-state index in [0.29, 0.717) is 38.2 Å². The van der Waals surface area contributed by atoms with Crippen LogP contribution in [0.25, 0.3) is 0 Å². The maximum absolute atomic E-state index is 13.1. The number of carbonyl (C=O) groups is 3. The fourth-order valence-corrected chi connectivity index (χ4v) is 5.74. The van der Waals surface area contributed by atoms with E-state index in [9.17, 15) is 19.5 Å². The van der Waals surface area contributed by atoms with E-state index in [2.05, 4.69) is 10.6 Å². The number of benzene rings is 3. The van der Waals surface area contributed by atoms with Crippen LogP contribution in [-0.2, 0) is 4.79 Å². The van der Waals surface area contributed by atoms with Crippen LogP contribution in [0.5, 0.6) is 0 Å². The Kier molecular flexibility index (Phi) is 8.07. The van der Waals surface area contributed by atoms with E-state index in [0.717, 1.165) is 4.90 Å². The second-order valence-corrected chi connectivity index (χ2v) is 11.5. The normalized spacial score (nSPS) is 17.4. The van der Waals surface area contributed by atoms with Gasteiger partial charge in [-0.1, -0.05) is 40.9 Å². The number of aryl methyl sites for hydroxylation is 1. The topological polar surface area (TPSA) is 98.7 Å². The lowest BCUT2D eigenvalue weighted by Gasteiger charge is -2.17. The molecule has 1 aliphatic carbocycles. The molecule has 0 aromatic heterocycles. The summed E-state index contributed by atoms with van der Waals surface area (Å²) < 4.78 is -1.36. The Morgan fingerprint density at radius 3 is 2.13 bits per heavy atom. The molecule has 3 N–H and O–H groups in total. The van der Waals surface area contributed by atoms with Crippen molar-refractivity contribution in [2.75, 3.05) is 22.6 Å². The van der Waals surface area contributed by atoms with Gasteiger partial charge in [-0.15, -0.1) is 23.2 Å². The summed E-state index contributed by atoms with van der Waals surface area (Å²) in [6, 6.07) is 14.2. The van der Waals surface area contributed by atoms with Gasteiger partial charge in [-0.3, -0.25) is 14.5 Å². The molecule has 0 radical (unpaired) electrons. The van der Waals surface area contributed by atoms with Gasteiger partial charge in [-0.2, -0.15) is 0 Å². The van der Waals surface area contributed by atoms with E-state index in [1.807, 2.05) is 0 Å². The van der Waals surface area contributed by atoms with Crippen molar-refractivity contribution < 1.29 is 19.5 Å². The Balaban J connectivity index is 1.51. The van der Waals surface area contributed by atoms with Crippen LogP contribution in [0.1, 0.15) is 27.4 Å². The van der Waals surface area contributed by atoms with Crippen molar-refractivity contribution in [3.05, 3.63) is 86.4 Å². The molecule has 0 heterocycles. The second kappa shape index (κ2) is 10.8. The van der Waals surface area contributed by atoms with E-state index >= 15 is 0 Å². The molecule has 0 aliphatic heterocycles. The van der Waals surface area contributed by atoms with Gasteiger partial charge in [-0.05, 0) is 66.6 Å². The van der Waals surface area contributed by atoms with Gasteiger partial charge in [0.05, 0.1) is 22.2 Å². The van der Waals surface area contributed by atoms with Crippen molar-refractivity contribution >= 4 is 93.0 Å². The van der Waals surface area contributed by atoms with Crippen molar-refractivity contribution in [3.8, 4) is 0 Å². The Labute approximate surface area is 243 Å². The Hall–Kier alpha value is -2.68. The molecule has 4 rings (SSSR count). The average Bonchev–Trinajstić information content (AvgIpc) is 3.42. The minimum Gasteiger partial charge on any atom is -0.465 e. The molecular formula is C26H20Cl5N3O4. The predicted octanol–water partition coefficient (Wildman–Crippen LogP) is 7.85. The maximum atomic E-state index is 13.1. The molecule has 7 nitrogen and oxygen atoms in total. The molecule has 1 aliphatic rings. The van der Waals surface area contributed by atoms with Crippen molar-refractivity contribution in [2.24, 2.45) is 5.92 Å². The van der Waals surface area contributed by atoms with Gasteiger partial charge < -0.3 is 15.7 Å². The molecule has 2 atom stereocenters. The van der Waals surface area contributed by atoms with Crippen molar-refractivity contribution in [3.63, 3.8) is 0 Å². The van der Waals surface area contributed by atoms with Crippen LogP contribution in [0.3, 0.4) is 0 Å². The van der Waals surface area contributed by atoms with Crippen molar-refractivity contribution in [1.29, 1.82) is 0 Å². The van der Waals surface area contributed by atoms with Crippen molar-refractivity contribution in [2.45, 2.75) is 17.2 Å². The molecule has 12 heteroatoms. The van der Waals surface area contributed by atoms with Crippen LogP contribution in [0, 0.1) is 12.8 Å². The molecule has 3 aromatic carbocycles. The summed E-state index contributed by atoms with van der Waals surface area (Å²) >= 11 is 31.3. The average molecular weight is 616 g/mol. The second-order valence-electron chi connectivity index (χ2n) is 8.81. The first kappa shape index (κ1) is 28.3. The molecular weight excluding hydrogens is 596 g/mol. The molecule has 38 heavy (non-hydrogen) atoms. The lowest BCUT2D eigenvalue weighted by atomic mass is 10.1. The minimum absolute atomic E-state index is 0.0927. The highest BCUT2D eigenvalue weighted by molar-refractivity contribution is 6.53. The third-order valence-electron chi connectivity index (χ3n) is 6.17. The lowest BCUT2D eigenvalue weighted by Crippen LogP contribution is -2.24. The van der Waals surface area contributed by atoms with E-state index in [-0.39, 0.29) is 10.6 Å².